The Morgan fingerprint density at radius 2 is 1.25 bits per heavy atom. The number of thioether (sulfide) groups is 1. The first-order chi connectivity index (χ1) is 24.1. The quantitative estimate of drug-likeness (QED) is 0.0215. The number of halogens is 1. The molecule has 0 atom stereocenters. The molecular weight excluding hydrogens is 871 g/mol. The Balaban J connectivity index is 5.15. The van der Waals surface area contributed by atoms with E-state index in [1.54, 1.807) is 0 Å². The monoisotopic (exact) mass is 952 g/mol. The van der Waals surface area contributed by atoms with Gasteiger partial charge in [-0.15, -0.1) is 0 Å². The Labute approximate surface area is 350 Å². The molecule has 0 saturated heterocycles. The van der Waals surface area contributed by atoms with E-state index in [2.05, 4.69) is 159 Å². The van der Waals surface area contributed by atoms with Crippen LogP contribution in [0.25, 0.3) is 0 Å². The van der Waals surface area contributed by atoms with Crippen molar-refractivity contribution >= 4 is 77.3 Å². The Hall–Kier alpha value is 1.71. The summed E-state index contributed by atoms with van der Waals surface area (Å²) in [4.78, 5) is 12.7. The van der Waals surface area contributed by atoms with Crippen molar-refractivity contribution in [1.29, 1.82) is 0 Å². The molecular formula is C37H81BIN3O6PS2Si2-. The van der Waals surface area contributed by atoms with E-state index < -0.39 is 38.2 Å². The van der Waals surface area contributed by atoms with E-state index in [4.69, 9.17) is 28.8 Å². The summed E-state index contributed by atoms with van der Waals surface area (Å²) in [6.07, 6.45) is 3.31. The van der Waals surface area contributed by atoms with Crippen molar-refractivity contribution < 1.29 is 27.1 Å². The molecule has 9 nitrogen and oxygen atoms in total. The second-order valence-corrected chi connectivity index (χ2v) is 34.2. The average molecular weight is 953 g/mol. The van der Waals surface area contributed by atoms with Crippen molar-refractivity contribution in [2.75, 3.05) is 45.5 Å². The van der Waals surface area contributed by atoms with Crippen molar-refractivity contribution in [3.8, 4) is 0 Å². The Morgan fingerprint density at radius 3 is 1.64 bits per heavy atom. The smallest absolute Gasteiger partial charge is 0.354 e. The van der Waals surface area contributed by atoms with Crippen LogP contribution in [0.2, 0.25) is 36.3 Å². The molecule has 0 fully saturated rings. The van der Waals surface area contributed by atoms with Gasteiger partial charge in [0, 0.05) is 29.9 Å². The fourth-order valence-corrected chi connectivity index (χ4v) is 10.9. The normalized spacial score (nSPS) is 14.2. The third kappa shape index (κ3) is 21.0. The zero-order valence-corrected chi connectivity index (χ0v) is 43.8. The molecule has 0 amide bonds. The minimum atomic E-state index is -2.03. The van der Waals surface area contributed by atoms with Gasteiger partial charge >= 0.3 is 227 Å². The van der Waals surface area contributed by atoms with Crippen LogP contribution in [0.4, 0.5) is 0 Å². The predicted molar refractivity (Wildman–Crippen MR) is 249 cm³/mol. The Morgan fingerprint density at radius 1 is 0.792 bits per heavy atom. The van der Waals surface area contributed by atoms with Gasteiger partial charge < -0.3 is 9.26 Å². The van der Waals surface area contributed by atoms with Gasteiger partial charge in [0.15, 0.2) is 15.2 Å². The molecule has 0 aliphatic rings. The summed E-state index contributed by atoms with van der Waals surface area (Å²) in [5.41, 5.74) is -0.527. The van der Waals surface area contributed by atoms with Gasteiger partial charge in [-0.05, 0) is 55.4 Å². The third-order valence-electron chi connectivity index (χ3n) is 10.3. The molecule has 0 aliphatic carbocycles. The van der Waals surface area contributed by atoms with Crippen LogP contribution in [0.5, 0.6) is 0 Å². The molecule has 0 unspecified atom stereocenters. The van der Waals surface area contributed by atoms with Crippen LogP contribution in [-0.2, 0) is 34.7 Å². The zero-order valence-electron chi connectivity index (χ0n) is 37.2. The first-order valence-corrected chi connectivity index (χ1v) is 31.4. The molecule has 316 valence electrons. The van der Waals surface area contributed by atoms with Crippen LogP contribution in [0.1, 0.15) is 123 Å². The molecule has 0 aromatic rings. The van der Waals surface area contributed by atoms with E-state index in [1.165, 1.54) is 11.8 Å². The predicted octanol–water partition coefficient (Wildman–Crippen LogP) is 10.6. The van der Waals surface area contributed by atoms with Crippen molar-refractivity contribution in [1.82, 2.24) is 14.7 Å². The summed E-state index contributed by atoms with van der Waals surface area (Å²) < 4.78 is 36.9. The molecule has 16 heteroatoms. The van der Waals surface area contributed by atoms with E-state index in [1.807, 2.05) is 0 Å². The first kappa shape index (κ1) is 54.7. The zero-order chi connectivity index (χ0) is 41.4. The molecule has 0 bridgehead atoms. The fraction of sp³-hybridized carbons (Fsp3) is 0.973. The van der Waals surface area contributed by atoms with Crippen LogP contribution < -0.4 is 5.32 Å². The van der Waals surface area contributed by atoms with Gasteiger partial charge in [-0.3, -0.25) is 0 Å². The number of nitrogens with one attached hydrogen (secondary N) is 1. The summed E-state index contributed by atoms with van der Waals surface area (Å²) in [5.74, 6) is 0.627. The molecule has 0 aliphatic heterocycles. The van der Waals surface area contributed by atoms with E-state index in [-0.39, 0.29) is 22.0 Å². The van der Waals surface area contributed by atoms with Gasteiger partial charge in [-0.25, -0.2) is 9.34 Å². The SMILES string of the molecule is B#[S-](I)OCC(CO[Si](C)(C)C(C)(C)C)(CO[Si](C)(C)C(C)(C)C)NCCCCCC(=O)SCCOCOP(N(C(C)C)C(C)C)N(C(C)C)C(C)C. The molecule has 0 heterocycles. The number of nitrogens with zero attached hydrogens (tertiary/aromatic N) is 2. The topological polar surface area (TPSA) is 81.7 Å². The van der Waals surface area contributed by atoms with Gasteiger partial charge in [0.25, 0.3) is 0 Å². The van der Waals surface area contributed by atoms with E-state index >= 15 is 0 Å². The van der Waals surface area contributed by atoms with Crippen molar-refractivity contribution in [2.45, 2.75) is 189 Å². The number of rotatable bonds is 27. The number of carbonyl (C=O) groups excluding carboxylic acids is 1. The number of hydrogen-bond acceptors (Lipinski definition) is 11. The van der Waals surface area contributed by atoms with Crippen molar-refractivity contribution in [3.63, 3.8) is 0 Å². The van der Waals surface area contributed by atoms with E-state index in [0.29, 0.717) is 62.8 Å². The number of carbonyl (C=O) groups is 1. The molecule has 0 rings (SSSR count). The second-order valence-electron chi connectivity index (χ2n) is 18.4. The van der Waals surface area contributed by atoms with Gasteiger partial charge in [-0.2, -0.15) is 0 Å². The molecule has 0 aromatic carbocycles. The minimum absolute atomic E-state index is 0.0846. The number of ether oxygens (including phenoxy) is 1. The minimum Gasteiger partial charge on any atom is -0.354 e. The van der Waals surface area contributed by atoms with Gasteiger partial charge in [-0.1, -0.05) is 0 Å². The van der Waals surface area contributed by atoms with Crippen molar-refractivity contribution in [2.24, 2.45) is 0 Å². The molecule has 0 aromatic heterocycles. The standard InChI is InChI=1S/C37H81BIN3O6PS2Si2/c1-30(2)41(31(3)4)49(42(32(5)6)33(7)8)45-29-44-24-25-50-34(43)22-20-19-21-23-40-37(26-46-51(38)39,27-47-52(15,16)35(9,10)11)28-48-53(17,18)36(12,13)14/h30-33,40H,19-29H2,1-18H3/q-1. The average Bonchev–Trinajstić information content (AvgIpc) is 2.99. The number of hydrogen-bond donors (Lipinski definition) is 1. The van der Waals surface area contributed by atoms with Gasteiger partial charge in [0.05, 0.1) is 6.61 Å². The number of unbranched alkanes of at least 4 members (excludes halogenated alkanes) is 2. The fourth-order valence-electron chi connectivity index (χ4n) is 5.11. The summed E-state index contributed by atoms with van der Waals surface area (Å²) >= 11 is 3.49. The van der Waals surface area contributed by atoms with Crippen LogP contribution in [-0.4, -0.2) is 113 Å². The third-order valence-corrected chi connectivity index (χ3v) is 24.2. The van der Waals surface area contributed by atoms with Crippen LogP contribution in [0, 0.1) is 0 Å². The summed E-state index contributed by atoms with van der Waals surface area (Å²) in [7, 11) is -5.76. The Kier molecular flexibility index (Phi) is 26.2. The van der Waals surface area contributed by atoms with Crippen molar-refractivity contribution in [3.05, 3.63) is 0 Å². The first-order valence-electron chi connectivity index (χ1n) is 19.6. The maximum atomic E-state index is 12.7. The summed E-state index contributed by atoms with van der Waals surface area (Å²) in [5, 5.41) is 4.20. The van der Waals surface area contributed by atoms with E-state index in [9.17, 15) is 4.79 Å². The molecule has 0 saturated carbocycles. The maximum absolute atomic E-state index is 12.7. The summed E-state index contributed by atoms with van der Waals surface area (Å²) in [6, 6.07) is 1.40. The summed E-state index contributed by atoms with van der Waals surface area (Å²) in [6.45, 7) is 49.5. The second kappa shape index (κ2) is 25.4. The van der Waals surface area contributed by atoms with Gasteiger partial charge in [0.1, 0.15) is 0 Å². The molecule has 1 N–H and O–H groups in total. The molecule has 53 heavy (non-hydrogen) atoms. The molecule has 0 spiro atoms. The molecule has 0 radical (unpaired) electrons. The van der Waals surface area contributed by atoms with E-state index in [0.717, 1.165) is 25.8 Å². The Bertz CT molecular complexity index is 1050. The van der Waals surface area contributed by atoms with Crippen LogP contribution >= 0.6 is 41.4 Å². The van der Waals surface area contributed by atoms with Gasteiger partial charge in [0.2, 0.25) is 0 Å². The van der Waals surface area contributed by atoms with Crippen LogP contribution in [0.15, 0.2) is 0 Å². The van der Waals surface area contributed by atoms with Crippen LogP contribution in [0.3, 0.4) is 0 Å².